The molecule has 6 nitrogen and oxygen atoms in total. The number of pyridine rings is 2. The molecule has 0 aliphatic carbocycles. The van der Waals surface area contributed by atoms with Gasteiger partial charge in [-0.05, 0) is 24.3 Å². The number of anilines is 2. The lowest BCUT2D eigenvalue weighted by molar-refractivity contribution is 0.0690. The van der Waals surface area contributed by atoms with E-state index in [1.165, 1.54) is 6.07 Å². The van der Waals surface area contributed by atoms with Gasteiger partial charge < -0.3 is 14.9 Å². The maximum absolute atomic E-state index is 11.0. The molecular weight excluding hydrogens is 304 g/mol. The van der Waals surface area contributed by atoms with E-state index < -0.39 is 5.97 Å². The predicted octanol–water partition coefficient (Wildman–Crippen LogP) is 2.15. The Morgan fingerprint density at radius 1 is 1.05 bits per heavy atom. The number of aromatic carboxylic acids is 1. The molecule has 0 unspecified atom stereocenters. The van der Waals surface area contributed by atoms with Crippen LogP contribution >= 0.6 is 11.6 Å². The van der Waals surface area contributed by atoms with Crippen molar-refractivity contribution in [1.29, 1.82) is 0 Å². The maximum Gasteiger partial charge on any atom is 0.354 e. The van der Waals surface area contributed by atoms with Crippen LogP contribution in [0.15, 0.2) is 36.5 Å². The summed E-state index contributed by atoms with van der Waals surface area (Å²) in [5.41, 5.74) is 0.0688. The van der Waals surface area contributed by atoms with Crippen LogP contribution in [0.5, 0.6) is 0 Å². The summed E-state index contributed by atoms with van der Waals surface area (Å²) in [6.45, 7) is 3.13. The van der Waals surface area contributed by atoms with E-state index in [0.29, 0.717) is 10.8 Å². The highest BCUT2D eigenvalue weighted by Gasteiger charge is 2.19. The lowest BCUT2D eigenvalue weighted by atomic mass is 10.2. The molecule has 1 N–H and O–H groups in total. The van der Waals surface area contributed by atoms with Gasteiger partial charge in [-0.1, -0.05) is 17.7 Å². The fourth-order valence-electron chi connectivity index (χ4n) is 2.44. The zero-order valence-electron chi connectivity index (χ0n) is 11.8. The van der Waals surface area contributed by atoms with Crippen LogP contribution in [0.1, 0.15) is 10.5 Å². The van der Waals surface area contributed by atoms with Crippen molar-refractivity contribution in [3.05, 3.63) is 47.2 Å². The molecule has 0 saturated carbocycles. The lowest BCUT2D eigenvalue weighted by Crippen LogP contribution is -2.47. The summed E-state index contributed by atoms with van der Waals surface area (Å²) < 4.78 is 0. The zero-order valence-corrected chi connectivity index (χ0v) is 12.6. The van der Waals surface area contributed by atoms with Crippen molar-refractivity contribution in [2.24, 2.45) is 0 Å². The number of hydrogen-bond donors (Lipinski definition) is 1. The summed E-state index contributed by atoms with van der Waals surface area (Å²) >= 11 is 5.85. The molecule has 0 bridgehead atoms. The normalized spacial score (nSPS) is 15.0. The Morgan fingerprint density at radius 3 is 2.32 bits per heavy atom. The second-order valence-corrected chi connectivity index (χ2v) is 5.43. The Kier molecular flexibility index (Phi) is 4.11. The van der Waals surface area contributed by atoms with Crippen molar-refractivity contribution in [1.82, 2.24) is 9.97 Å². The monoisotopic (exact) mass is 318 g/mol. The van der Waals surface area contributed by atoms with Gasteiger partial charge in [-0.15, -0.1) is 0 Å². The van der Waals surface area contributed by atoms with Gasteiger partial charge in [-0.3, -0.25) is 0 Å². The van der Waals surface area contributed by atoms with Gasteiger partial charge in [0.05, 0.1) is 5.02 Å². The van der Waals surface area contributed by atoms with Gasteiger partial charge in [-0.2, -0.15) is 0 Å². The molecule has 7 heteroatoms. The minimum Gasteiger partial charge on any atom is -0.477 e. The molecule has 3 heterocycles. The first-order chi connectivity index (χ1) is 10.6. The third-order valence-corrected chi connectivity index (χ3v) is 3.82. The quantitative estimate of drug-likeness (QED) is 0.935. The fourth-order valence-corrected chi connectivity index (χ4v) is 2.55. The number of aromatic nitrogens is 2. The fraction of sp³-hybridized carbons (Fsp3) is 0.267. The SMILES string of the molecule is O=C(O)c1cccc(N2CCN(c3ccc(Cl)cn3)CC2)n1. The number of rotatable bonds is 3. The van der Waals surface area contributed by atoms with E-state index >= 15 is 0 Å². The molecule has 0 atom stereocenters. The highest BCUT2D eigenvalue weighted by molar-refractivity contribution is 6.30. The van der Waals surface area contributed by atoms with Crippen LogP contribution in [-0.4, -0.2) is 47.2 Å². The van der Waals surface area contributed by atoms with Gasteiger partial charge in [-0.25, -0.2) is 14.8 Å². The van der Waals surface area contributed by atoms with Gasteiger partial charge in [0, 0.05) is 32.4 Å². The van der Waals surface area contributed by atoms with E-state index in [1.807, 2.05) is 18.2 Å². The summed E-state index contributed by atoms with van der Waals surface area (Å²) in [4.78, 5) is 23.7. The minimum absolute atomic E-state index is 0.0688. The molecule has 1 aliphatic rings. The molecular formula is C15H15ClN4O2. The average Bonchev–Trinajstić information content (AvgIpc) is 2.56. The molecule has 1 aliphatic heterocycles. The number of carbonyl (C=O) groups is 1. The van der Waals surface area contributed by atoms with Crippen LogP contribution in [0, 0.1) is 0 Å². The molecule has 0 amide bonds. The van der Waals surface area contributed by atoms with E-state index in [9.17, 15) is 4.79 Å². The van der Waals surface area contributed by atoms with E-state index in [1.54, 1.807) is 12.3 Å². The van der Waals surface area contributed by atoms with Gasteiger partial charge in [0.1, 0.15) is 11.6 Å². The second kappa shape index (κ2) is 6.19. The molecule has 0 aromatic carbocycles. The Morgan fingerprint density at radius 2 is 1.73 bits per heavy atom. The molecule has 1 saturated heterocycles. The third kappa shape index (κ3) is 3.12. The first kappa shape index (κ1) is 14.6. The van der Waals surface area contributed by atoms with Gasteiger partial charge in [0.15, 0.2) is 5.69 Å². The van der Waals surface area contributed by atoms with Crippen LogP contribution in [0.2, 0.25) is 5.02 Å². The molecule has 2 aromatic rings. The number of carboxylic acids is 1. The van der Waals surface area contributed by atoms with E-state index in [-0.39, 0.29) is 5.69 Å². The van der Waals surface area contributed by atoms with Crippen molar-refractivity contribution in [3.8, 4) is 0 Å². The summed E-state index contributed by atoms with van der Waals surface area (Å²) in [5, 5.41) is 9.63. The zero-order chi connectivity index (χ0) is 15.5. The van der Waals surface area contributed by atoms with Crippen LogP contribution in [0.4, 0.5) is 11.6 Å². The van der Waals surface area contributed by atoms with Crippen LogP contribution in [-0.2, 0) is 0 Å². The van der Waals surface area contributed by atoms with Crippen molar-refractivity contribution in [2.75, 3.05) is 36.0 Å². The second-order valence-electron chi connectivity index (χ2n) is 4.99. The highest BCUT2D eigenvalue weighted by atomic mass is 35.5. The lowest BCUT2D eigenvalue weighted by Gasteiger charge is -2.36. The van der Waals surface area contributed by atoms with Gasteiger partial charge in [0.25, 0.3) is 0 Å². The summed E-state index contributed by atoms with van der Waals surface area (Å²) in [5.74, 6) is 0.589. The number of hydrogen-bond acceptors (Lipinski definition) is 5. The standard InChI is InChI=1S/C15H15ClN4O2/c16-11-4-5-13(17-10-11)19-6-8-20(9-7-19)14-3-1-2-12(18-14)15(21)22/h1-5,10H,6-9H2,(H,21,22). The summed E-state index contributed by atoms with van der Waals surface area (Å²) in [6.07, 6.45) is 1.64. The summed E-state index contributed by atoms with van der Waals surface area (Å²) in [6, 6.07) is 8.79. The smallest absolute Gasteiger partial charge is 0.354 e. The molecule has 3 rings (SSSR count). The van der Waals surface area contributed by atoms with Crippen molar-refractivity contribution >= 4 is 29.2 Å². The number of carboxylic acid groups (broad SMARTS) is 1. The molecule has 1 fully saturated rings. The Labute approximate surface area is 133 Å². The molecule has 0 spiro atoms. The summed E-state index contributed by atoms with van der Waals surface area (Å²) in [7, 11) is 0. The van der Waals surface area contributed by atoms with Crippen LogP contribution in [0.3, 0.4) is 0 Å². The first-order valence-corrected chi connectivity index (χ1v) is 7.33. The Balaban J connectivity index is 1.67. The van der Waals surface area contributed by atoms with Gasteiger partial charge >= 0.3 is 5.97 Å². The highest BCUT2D eigenvalue weighted by Crippen LogP contribution is 2.19. The third-order valence-electron chi connectivity index (χ3n) is 3.59. The minimum atomic E-state index is -1.01. The van der Waals surface area contributed by atoms with Crippen LogP contribution < -0.4 is 9.80 Å². The number of nitrogens with zero attached hydrogens (tertiary/aromatic N) is 4. The van der Waals surface area contributed by atoms with Crippen molar-refractivity contribution < 1.29 is 9.90 Å². The van der Waals surface area contributed by atoms with Crippen molar-refractivity contribution in [3.63, 3.8) is 0 Å². The molecule has 114 valence electrons. The average molecular weight is 319 g/mol. The Hall–Kier alpha value is -2.34. The first-order valence-electron chi connectivity index (χ1n) is 6.95. The van der Waals surface area contributed by atoms with Crippen LogP contribution in [0.25, 0.3) is 0 Å². The Bertz CT molecular complexity index is 669. The number of piperazine rings is 1. The molecule has 22 heavy (non-hydrogen) atoms. The number of halogens is 1. The largest absolute Gasteiger partial charge is 0.477 e. The van der Waals surface area contributed by atoms with E-state index in [0.717, 1.165) is 32.0 Å². The topological polar surface area (TPSA) is 69.6 Å². The van der Waals surface area contributed by atoms with E-state index in [2.05, 4.69) is 19.8 Å². The molecule has 0 radical (unpaired) electrons. The predicted molar refractivity (Wildman–Crippen MR) is 84.9 cm³/mol. The maximum atomic E-state index is 11.0. The van der Waals surface area contributed by atoms with Gasteiger partial charge in [0.2, 0.25) is 0 Å². The van der Waals surface area contributed by atoms with Crippen molar-refractivity contribution in [2.45, 2.75) is 0 Å². The van der Waals surface area contributed by atoms with E-state index in [4.69, 9.17) is 16.7 Å². The molecule has 2 aromatic heterocycles.